The summed E-state index contributed by atoms with van der Waals surface area (Å²) < 4.78 is 5.15. The van der Waals surface area contributed by atoms with Crippen molar-refractivity contribution in [2.75, 3.05) is 26.7 Å². The lowest BCUT2D eigenvalue weighted by Crippen LogP contribution is -2.37. The summed E-state index contributed by atoms with van der Waals surface area (Å²) in [4.78, 5) is 14.2. The van der Waals surface area contributed by atoms with E-state index in [2.05, 4.69) is 31.1 Å². The van der Waals surface area contributed by atoms with Gasteiger partial charge in [0.1, 0.15) is 0 Å². The van der Waals surface area contributed by atoms with Crippen molar-refractivity contribution in [2.24, 2.45) is 5.92 Å². The molecule has 4 heteroatoms. The molecular formula is C17H34N2O2. The minimum atomic E-state index is 0.00237. The molecule has 1 aliphatic carbocycles. The minimum absolute atomic E-state index is 0.00237. The molecule has 4 nitrogen and oxygen atoms in total. The zero-order valence-electron chi connectivity index (χ0n) is 14.4. The van der Waals surface area contributed by atoms with Crippen LogP contribution in [0, 0.1) is 5.92 Å². The van der Waals surface area contributed by atoms with Crippen molar-refractivity contribution in [3.63, 3.8) is 0 Å². The molecule has 2 unspecified atom stereocenters. The third kappa shape index (κ3) is 7.28. The molecule has 1 saturated carbocycles. The van der Waals surface area contributed by atoms with Gasteiger partial charge in [-0.15, -0.1) is 0 Å². The molecule has 0 bridgehead atoms. The molecular weight excluding hydrogens is 264 g/mol. The predicted octanol–water partition coefficient (Wildman–Crippen LogP) is 2.82. The molecule has 0 aromatic rings. The summed E-state index contributed by atoms with van der Waals surface area (Å²) in [5.41, 5.74) is 0. The Balaban J connectivity index is 2.13. The van der Waals surface area contributed by atoms with Gasteiger partial charge in [-0.1, -0.05) is 6.42 Å². The Bertz CT molecular complexity index is 295. The maximum absolute atomic E-state index is 11.8. The van der Waals surface area contributed by atoms with Crippen LogP contribution in [0.2, 0.25) is 0 Å². The smallest absolute Gasteiger partial charge is 0.308 e. The molecule has 0 amide bonds. The van der Waals surface area contributed by atoms with Crippen LogP contribution in [0.4, 0.5) is 0 Å². The summed E-state index contributed by atoms with van der Waals surface area (Å²) in [5, 5.41) is 3.63. The largest absolute Gasteiger partial charge is 0.466 e. The molecule has 0 heterocycles. The molecule has 2 atom stereocenters. The molecule has 124 valence electrons. The number of nitrogens with zero attached hydrogens (tertiary/aromatic N) is 1. The lowest BCUT2D eigenvalue weighted by Gasteiger charge is -2.28. The van der Waals surface area contributed by atoms with Crippen molar-refractivity contribution in [1.29, 1.82) is 0 Å². The second-order valence-corrected chi connectivity index (χ2v) is 6.55. The van der Waals surface area contributed by atoms with Gasteiger partial charge in [-0.3, -0.25) is 4.79 Å². The van der Waals surface area contributed by atoms with Gasteiger partial charge >= 0.3 is 5.97 Å². The van der Waals surface area contributed by atoms with Crippen LogP contribution in [-0.4, -0.2) is 49.7 Å². The Labute approximate surface area is 130 Å². The molecule has 21 heavy (non-hydrogen) atoms. The Morgan fingerprint density at radius 1 is 1.33 bits per heavy atom. The van der Waals surface area contributed by atoms with Gasteiger partial charge in [0.15, 0.2) is 0 Å². The highest BCUT2D eigenvalue weighted by Gasteiger charge is 2.27. The molecule has 0 aromatic carbocycles. The second-order valence-electron chi connectivity index (χ2n) is 6.55. The highest BCUT2D eigenvalue weighted by molar-refractivity contribution is 5.72. The van der Waals surface area contributed by atoms with Gasteiger partial charge < -0.3 is 15.0 Å². The average molecular weight is 298 g/mol. The van der Waals surface area contributed by atoms with E-state index in [9.17, 15) is 4.79 Å². The number of rotatable bonds is 9. The fraction of sp³-hybridized carbons (Fsp3) is 0.941. The predicted molar refractivity (Wildman–Crippen MR) is 87.4 cm³/mol. The zero-order chi connectivity index (χ0) is 15.7. The van der Waals surface area contributed by atoms with Gasteiger partial charge in [0, 0.05) is 12.1 Å². The lowest BCUT2D eigenvalue weighted by molar-refractivity contribution is -0.149. The van der Waals surface area contributed by atoms with Crippen molar-refractivity contribution in [3.05, 3.63) is 0 Å². The molecule has 0 aliphatic heterocycles. The van der Waals surface area contributed by atoms with Gasteiger partial charge in [-0.25, -0.2) is 0 Å². The fourth-order valence-corrected chi connectivity index (χ4v) is 2.90. The van der Waals surface area contributed by atoms with Crippen molar-refractivity contribution < 1.29 is 9.53 Å². The number of ether oxygens (including phenoxy) is 1. The Hall–Kier alpha value is -0.610. The van der Waals surface area contributed by atoms with Gasteiger partial charge in [0.2, 0.25) is 0 Å². The molecule has 0 spiro atoms. The van der Waals surface area contributed by atoms with Crippen LogP contribution >= 0.6 is 0 Å². The number of carbonyl (C=O) groups is 1. The maximum Gasteiger partial charge on any atom is 0.308 e. The van der Waals surface area contributed by atoms with Crippen molar-refractivity contribution in [3.8, 4) is 0 Å². The van der Waals surface area contributed by atoms with Crippen LogP contribution in [0.5, 0.6) is 0 Å². The zero-order valence-corrected chi connectivity index (χ0v) is 14.4. The third-order valence-electron chi connectivity index (χ3n) is 4.55. The molecule has 1 fully saturated rings. The lowest BCUT2D eigenvalue weighted by atomic mass is 9.85. The van der Waals surface area contributed by atoms with Gasteiger partial charge in [-0.2, -0.15) is 0 Å². The Morgan fingerprint density at radius 2 is 2.10 bits per heavy atom. The number of hydrogen-bond donors (Lipinski definition) is 1. The third-order valence-corrected chi connectivity index (χ3v) is 4.55. The summed E-state index contributed by atoms with van der Waals surface area (Å²) >= 11 is 0. The number of esters is 1. The van der Waals surface area contributed by atoms with E-state index in [1.54, 1.807) is 0 Å². The number of hydrogen-bond acceptors (Lipinski definition) is 4. The highest BCUT2D eigenvalue weighted by atomic mass is 16.5. The van der Waals surface area contributed by atoms with Crippen LogP contribution < -0.4 is 5.32 Å². The topological polar surface area (TPSA) is 41.6 Å². The first kappa shape index (κ1) is 18.4. The normalized spacial score (nSPS) is 22.8. The first-order valence-electron chi connectivity index (χ1n) is 8.64. The van der Waals surface area contributed by atoms with Crippen molar-refractivity contribution in [1.82, 2.24) is 10.2 Å². The summed E-state index contributed by atoms with van der Waals surface area (Å²) in [5.74, 6) is 0.117. The summed E-state index contributed by atoms with van der Waals surface area (Å²) in [6.45, 7) is 9.06. The molecule has 0 radical (unpaired) electrons. The second kappa shape index (κ2) is 10.2. The highest BCUT2D eigenvalue weighted by Crippen LogP contribution is 2.25. The van der Waals surface area contributed by atoms with Gasteiger partial charge in [0.25, 0.3) is 0 Å². The van der Waals surface area contributed by atoms with Crippen LogP contribution in [0.1, 0.15) is 59.3 Å². The minimum Gasteiger partial charge on any atom is -0.466 e. The van der Waals surface area contributed by atoms with E-state index < -0.39 is 0 Å². The van der Waals surface area contributed by atoms with E-state index in [0.717, 1.165) is 32.4 Å². The molecule has 1 aliphatic rings. The summed E-state index contributed by atoms with van der Waals surface area (Å²) in [6.07, 6.45) is 6.72. The summed E-state index contributed by atoms with van der Waals surface area (Å²) in [7, 11) is 2.18. The van der Waals surface area contributed by atoms with E-state index in [1.165, 1.54) is 19.3 Å². The van der Waals surface area contributed by atoms with Gasteiger partial charge in [0.05, 0.1) is 12.5 Å². The van der Waals surface area contributed by atoms with Crippen LogP contribution in [-0.2, 0) is 9.53 Å². The number of unbranched alkanes of at least 4 members (excludes halogenated alkanes) is 1. The number of nitrogens with one attached hydrogen (secondary N) is 1. The SMILES string of the molecule is CCOC(=O)C1CCCC(NCCCCN(C)C(C)C)C1. The fourth-order valence-electron chi connectivity index (χ4n) is 2.90. The van der Waals surface area contributed by atoms with E-state index in [1.807, 2.05) is 6.92 Å². The van der Waals surface area contributed by atoms with E-state index in [0.29, 0.717) is 18.7 Å². The Kier molecular flexibility index (Phi) is 8.93. The van der Waals surface area contributed by atoms with Crippen LogP contribution in [0.25, 0.3) is 0 Å². The van der Waals surface area contributed by atoms with E-state index in [4.69, 9.17) is 4.74 Å². The Morgan fingerprint density at radius 3 is 2.76 bits per heavy atom. The monoisotopic (exact) mass is 298 g/mol. The molecule has 0 aromatic heterocycles. The average Bonchev–Trinajstić information content (AvgIpc) is 2.47. The van der Waals surface area contributed by atoms with E-state index >= 15 is 0 Å². The quantitative estimate of drug-likeness (QED) is 0.525. The standard InChI is InChI=1S/C17H34N2O2/c1-5-21-17(20)15-9-8-10-16(13-15)18-11-6-7-12-19(4)14(2)3/h14-16,18H,5-13H2,1-4H3. The van der Waals surface area contributed by atoms with Crippen molar-refractivity contribution >= 4 is 5.97 Å². The molecule has 1 rings (SSSR count). The number of carbonyl (C=O) groups excluding carboxylic acids is 1. The van der Waals surface area contributed by atoms with Crippen molar-refractivity contribution in [2.45, 2.75) is 71.4 Å². The summed E-state index contributed by atoms with van der Waals surface area (Å²) in [6, 6.07) is 1.12. The first-order valence-corrected chi connectivity index (χ1v) is 8.64. The van der Waals surface area contributed by atoms with Crippen LogP contribution in [0.15, 0.2) is 0 Å². The molecule has 1 N–H and O–H groups in total. The molecule has 0 saturated heterocycles. The van der Waals surface area contributed by atoms with E-state index in [-0.39, 0.29) is 11.9 Å². The maximum atomic E-state index is 11.8. The first-order chi connectivity index (χ1) is 10.0. The van der Waals surface area contributed by atoms with Gasteiger partial charge in [-0.05, 0) is 73.0 Å². The van der Waals surface area contributed by atoms with Crippen LogP contribution in [0.3, 0.4) is 0 Å².